The maximum atomic E-state index is 12.9. The molecule has 0 spiro atoms. The summed E-state index contributed by atoms with van der Waals surface area (Å²) >= 11 is 0.828. The van der Waals surface area contributed by atoms with E-state index >= 15 is 0 Å². The molecular formula is C19H16F3N3O4S2. The van der Waals surface area contributed by atoms with Gasteiger partial charge in [-0.15, -0.1) is 11.3 Å². The van der Waals surface area contributed by atoms with Crippen molar-refractivity contribution in [2.45, 2.75) is 22.7 Å². The van der Waals surface area contributed by atoms with Crippen LogP contribution < -0.4 is 4.72 Å². The molecular weight excluding hydrogens is 455 g/mol. The van der Waals surface area contributed by atoms with Crippen LogP contribution in [0.25, 0.3) is 10.6 Å². The first-order valence-corrected chi connectivity index (χ1v) is 11.3. The second-order valence-electron chi connectivity index (χ2n) is 7.17. The van der Waals surface area contributed by atoms with Gasteiger partial charge in [0, 0.05) is 12.7 Å². The maximum Gasteiger partial charge on any atom is 0.435 e. The molecule has 1 aliphatic carbocycles. The lowest BCUT2D eigenvalue weighted by Gasteiger charge is -2.07. The summed E-state index contributed by atoms with van der Waals surface area (Å²) in [6.45, 7) is 0. The average Bonchev–Trinajstić information content (AvgIpc) is 3.13. The minimum absolute atomic E-state index is 0.0607. The van der Waals surface area contributed by atoms with Gasteiger partial charge >= 0.3 is 12.1 Å². The van der Waals surface area contributed by atoms with E-state index in [1.54, 1.807) is 24.3 Å². The zero-order chi connectivity index (χ0) is 22.6. The third kappa shape index (κ3) is 4.30. The number of alkyl halides is 3. The number of nitrogens with zero attached hydrogens (tertiary/aromatic N) is 2. The third-order valence-corrected chi connectivity index (χ3v) is 7.95. The zero-order valence-electron chi connectivity index (χ0n) is 15.9. The lowest BCUT2D eigenvalue weighted by molar-refractivity contribution is -0.141. The van der Waals surface area contributed by atoms with E-state index in [0.717, 1.165) is 27.6 Å². The van der Waals surface area contributed by atoms with Crippen molar-refractivity contribution in [2.75, 3.05) is 4.72 Å². The van der Waals surface area contributed by atoms with Gasteiger partial charge in [-0.25, -0.2) is 8.42 Å². The molecule has 2 N–H and O–H groups in total. The van der Waals surface area contributed by atoms with Gasteiger partial charge in [0.15, 0.2) is 5.69 Å². The molecule has 2 heterocycles. The molecule has 0 saturated heterocycles. The number of nitrogens with one attached hydrogen (secondary N) is 1. The number of halogens is 3. The topological polar surface area (TPSA) is 101 Å². The van der Waals surface area contributed by atoms with E-state index in [2.05, 4.69) is 9.82 Å². The first-order chi connectivity index (χ1) is 14.5. The summed E-state index contributed by atoms with van der Waals surface area (Å²) < 4.78 is 67.4. The summed E-state index contributed by atoms with van der Waals surface area (Å²) in [5, 5.41) is 12.4. The van der Waals surface area contributed by atoms with E-state index in [1.165, 1.54) is 19.2 Å². The number of thiophene rings is 1. The Morgan fingerprint density at radius 1 is 1.23 bits per heavy atom. The smallest absolute Gasteiger partial charge is 0.435 e. The highest BCUT2D eigenvalue weighted by atomic mass is 32.2. The Bertz CT molecular complexity index is 1250. The Morgan fingerprint density at radius 2 is 1.90 bits per heavy atom. The van der Waals surface area contributed by atoms with E-state index in [4.69, 9.17) is 5.11 Å². The van der Waals surface area contributed by atoms with Gasteiger partial charge in [-0.05, 0) is 48.2 Å². The van der Waals surface area contributed by atoms with E-state index < -0.39 is 33.8 Å². The second-order valence-corrected chi connectivity index (χ2v) is 10.2. The number of aryl methyl sites for hydroxylation is 1. The van der Waals surface area contributed by atoms with Crippen molar-refractivity contribution >= 4 is 33.0 Å². The normalized spacial score (nSPS) is 18.7. The summed E-state index contributed by atoms with van der Waals surface area (Å²) in [4.78, 5) is 11.3. The summed E-state index contributed by atoms with van der Waals surface area (Å²) in [7, 11) is -2.60. The summed E-state index contributed by atoms with van der Waals surface area (Å²) in [5.74, 6) is -1.32. The molecule has 31 heavy (non-hydrogen) atoms. The van der Waals surface area contributed by atoms with Gasteiger partial charge in [0.25, 0.3) is 10.0 Å². The Kier molecular flexibility index (Phi) is 5.09. The molecule has 0 radical (unpaired) electrons. The molecule has 7 nitrogen and oxygen atoms in total. The van der Waals surface area contributed by atoms with Crippen LogP contribution in [0.5, 0.6) is 0 Å². The number of benzene rings is 1. The van der Waals surface area contributed by atoms with Gasteiger partial charge < -0.3 is 5.11 Å². The van der Waals surface area contributed by atoms with Gasteiger partial charge in [0.1, 0.15) is 4.21 Å². The fourth-order valence-corrected chi connectivity index (χ4v) is 5.69. The van der Waals surface area contributed by atoms with E-state index in [1.807, 2.05) is 0 Å². The molecule has 0 bridgehead atoms. The minimum atomic E-state index is -4.60. The SMILES string of the molecule is Cn1nc(C(F)(F)F)cc1-c1ccc(S(=O)(=O)Nc2ccc([C@H]3C[C@H]3C(=O)O)cc2)s1. The van der Waals surface area contributed by atoms with Crippen molar-refractivity contribution in [3.05, 3.63) is 53.7 Å². The number of rotatable bonds is 6. The molecule has 1 fully saturated rings. The lowest BCUT2D eigenvalue weighted by atomic mass is 10.1. The number of hydrogen-bond acceptors (Lipinski definition) is 5. The van der Waals surface area contributed by atoms with Gasteiger partial charge in [-0.1, -0.05) is 12.1 Å². The third-order valence-electron chi connectivity index (χ3n) is 4.97. The molecule has 1 aromatic carbocycles. The molecule has 1 aliphatic rings. The van der Waals surface area contributed by atoms with Crippen LogP contribution in [0.4, 0.5) is 18.9 Å². The molecule has 4 rings (SSSR count). The molecule has 0 amide bonds. The highest BCUT2D eigenvalue weighted by Gasteiger charge is 2.44. The van der Waals surface area contributed by atoms with E-state index in [-0.39, 0.29) is 15.8 Å². The van der Waals surface area contributed by atoms with Crippen LogP contribution >= 0.6 is 11.3 Å². The van der Waals surface area contributed by atoms with Crippen molar-refractivity contribution in [2.24, 2.45) is 13.0 Å². The summed E-state index contributed by atoms with van der Waals surface area (Å²) in [6, 6.07) is 10.1. The number of hydrogen-bond donors (Lipinski definition) is 2. The molecule has 164 valence electrons. The molecule has 3 aromatic rings. The van der Waals surface area contributed by atoms with Crippen LogP contribution in [-0.2, 0) is 28.0 Å². The highest BCUT2D eigenvalue weighted by Crippen LogP contribution is 2.47. The summed E-state index contributed by atoms with van der Waals surface area (Å²) in [6.07, 6.45) is -4.04. The lowest BCUT2D eigenvalue weighted by Crippen LogP contribution is -2.11. The number of carboxylic acids is 1. The minimum Gasteiger partial charge on any atom is -0.481 e. The number of aliphatic carboxylic acids is 1. The van der Waals surface area contributed by atoms with Gasteiger partial charge in [0.05, 0.1) is 16.5 Å². The molecule has 2 aromatic heterocycles. The molecule has 12 heteroatoms. The molecule has 1 saturated carbocycles. The van der Waals surface area contributed by atoms with E-state index in [9.17, 15) is 26.4 Å². The first kappa shape index (κ1) is 21.4. The fourth-order valence-electron chi connectivity index (χ4n) is 3.28. The Labute approximate surface area is 179 Å². The van der Waals surface area contributed by atoms with Crippen LogP contribution in [0.1, 0.15) is 23.6 Å². The first-order valence-electron chi connectivity index (χ1n) is 9.03. The Morgan fingerprint density at radius 3 is 2.45 bits per heavy atom. The Balaban J connectivity index is 1.51. The van der Waals surface area contributed by atoms with E-state index in [0.29, 0.717) is 17.0 Å². The maximum absolute atomic E-state index is 12.9. The van der Waals surface area contributed by atoms with Crippen molar-refractivity contribution < 1.29 is 31.5 Å². The Hall–Kier alpha value is -2.86. The van der Waals surface area contributed by atoms with Crippen LogP contribution in [0, 0.1) is 5.92 Å². The molecule has 0 aliphatic heterocycles. The van der Waals surface area contributed by atoms with Crippen LogP contribution in [-0.4, -0.2) is 29.3 Å². The van der Waals surface area contributed by atoms with Gasteiger partial charge in [-0.2, -0.15) is 18.3 Å². The largest absolute Gasteiger partial charge is 0.481 e. The average molecular weight is 471 g/mol. The highest BCUT2D eigenvalue weighted by molar-refractivity contribution is 7.94. The van der Waals surface area contributed by atoms with Gasteiger partial charge in [-0.3, -0.25) is 14.2 Å². The van der Waals surface area contributed by atoms with Crippen molar-refractivity contribution in [1.29, 1.82) is 0 Å². The fraction of sp³-hybridized carbons (Fsp3) is 0.263. The van der Waals surface area contributed by atoms with Crippen molar-refractivity contribution in [3.63, 3.8) is 0 Å². The standard InChI is InChI=1S/C19H16F3N3O4S2/c1-25-14(9-16(23-25)19(20,21)22)15-6-7-17(30-15)31(28,29)24-11-4-2-10(3-5-11)12-8-13(12)18(26)27/h2-7,9,12-13,24H,8H2,1H3,(H,26,27)/t12-,13-/m1/s1. The quantitative estimate of drug-likeness (QED) is 0.562. The predicted molar refractivity (Wildman–Crippen MR) is 107 cm³/mol. The van der Waals surface area contributed by atoms with Crippen molar-refractivity contribution in [3.8, 4) is 10.6 Å². The second kappa shape index (κ2) is 7.38. The zero-order valence-corrected chi connectivity index (χ0v) is 17.6. The monoisotopic (exact) mass is 471 g/mol. The van der Waals surface area contributed by atoms with Crippen LogP contribution in [0.3, 0.4) is 0 Å². The number of sulfonamides is 1. The van der Waals surface area contributed by atoms with Crippen molar-refractivity contribution in [1.82, 2.24) is 9.78 Å². The van der Waals surface area contributed by atoms with Gasteiger partial charge in [0.2, 0.25) is 0 Å². The molecule has 0 unspecified atom stereocenters. The number of anilines is 1. The molecule has 2 atom stereocenters. The number of carbonyl (C=O) groups is 1. The number of carboxylic acid groups (broad SMARTS) is 1. The predicted octanol–water partition coefficient (Wildman–Crippen LogP) is 4.16. The van der Waals surface area contributed by atoms with Crippen LogP contribution in [0.2, 0.25) is 0 Å². The number of aromatic nitrogens is 2. The summed E-state index contributed by atoms with van der Waals surface area (Å²) in [5.41, 5.74) is 0.221. The van der Waals surface area contributed by atoms with Crippen LogP contribution in [0.15, 0.2) is 46.7 Å².